The Hall–Kier alpha value is -1.94. The molecule has 0 saturated heterocycles. The Labute approximate surface area is 505 Å². The Kier molecular flexibility index (Phi) is 54.1. The Morgan fingerprint density at radius 3 is 0.819 bits per heavy atom. The first-order valence-corrected chi connectivity index (χ1v) is 36.3. The molecule has 0 aromatic carbocycles. The molecule has 17 nitrogen and oxygen atoms in total. The van der Waals surface area contributed by atoms with E-state index in [-0.39, 0.29) is 25.7 Å². The van der Waals surface area contributed by atoms with Crippen LogP contribution in [0.25, 0.3) is 0 Å². The SMILES string of the molecule is CCCCCCCCCCCCCCCC(=O)O[C@H](COC(=O)CCCCCCCCCCC(C)C)COP(=O)(O)OC[C@@H](O)COP(=O)(O)OC[C@@H](COC(=O)CCCCCCCCC(C)C)OC(=O)CCCCCCCCCC(C)C. The predicted octanol–water partition coefficient (Wildman–Crippen LogP) is 17.5. The lowest BCUT2D eigenvalue weighted by Crippen LogP contribution is -2.30. The summed E-state index contributed by atoms with van der Waals surface area (Å²) in [7, 11) is -9.89. The number of unbranched alkanes of at least 4 members (excludes halogenated alkanes) is 30. The van der Waals surface area contributed by atoms with Crippen LogP contribution in [0.1, 0.15) is 312 Å². The maximum Gasteiger partial charge on any atom is 0.472 e. The molecule has 0 bridgehead atoms. The average molecular weight is 1230 g/mol. The monoisotopic (exact) mass is 1230 g/mol. The van der Waals surface area contributed by atoms with E-state index in [4.69, 9.17) is 37.0 Å². The summed E-state index contributed by atoms with van der Waals surface area (Å²) in [5, 5.41) is 10.5. The molecule has 0 fully saturated rings. The molecule has 0 rings (SSSR count). The summed E-state index contributed by atoms with van der Waals surface area (Å²) in [6, 6.07) is 0. The molecule has 0 aliphatic carbocycles. The van der Waals surface area contributed by atoms with Gasteiger partial charge in [-0.25, -0.2) is 9.13 Å². The van der Waals surface area contributed by atoms with Crippen LogP contribution < -0.4 is 0 Å². The summed E-state index contributed by atoms with van der Waals surface area (Å²) in [4.78, 5) is 72.2. The first-order valence-electron chi connectivity index (χ1n) is 33.3. The summed E-state index contributed by atoms with van der Waals surface area (Å²) in [6.45, 7) is 11.6. The lowest BCUT2D eigenvalue weighted by molar-refractivity contribution is -0.161. The van der Waals surface area contributed by atoms with Crippen LogP contribution in [0.15, 0.2) is 0 Å². The first kappa shape index (κ1) is 81.1. The second-order valence-corrected chi connectivity index (χ2v) is 27.5. The highest BCUT2D eigenvalue weighted by molar-refractivity contribution is 7.47. The maximum absolute atomic E-state index is 13.0. The van der Waals surface area contributed by atoms with E-state index >= 15 is 0 Å². The Balaban J connectivity index is 5.24. The minimum atomic E-state index is -4.94. The Bertz CT molecular complexity index is 1650. The molecule has 0 radical (unpaired) electrons. The normalized spacial score (nSPS) is 14.4. The van der Waals surface area contributed by atoms with Gasteiger partial charge in [0.25, 0.3) is 0 Å². The van der Waals surface area contributed by atoms with Gasteiger partial charge >= 0.3 is 39.5 Å². The number of hydrogen-bond donors (Lipinski definition) is 3. The molecule has 492 valence electrons. The van der Waals surface area contributed by atoms with Gasteiger partial charge in [-0.1, -0.05) is 260 Å². The Morgan fingerprint density at radius 1 is 0.325 bits per heavy atom. The highest BCUT2D eigenvalue weighted by atomic mass is 31.2. The van der Waals surface area contributed by atoms with Gasteiger partial charge in [0.15, 0.2) is 12.2 Å². The number of aliphatic hydroxyl groups excluding tert-OH is 1. The van der Waals surface area contributed by atoms with Crippen molar-refractivity contribution in [3.63, 3.8) is 0 Å². The number of aliphatic hydroxyl groups is 1. The molecular weight excluding hydrogens is 1100 g/mol. The van der Waals surface area contributed by atoms with Crippen molar-refractivity contribution in [1.82, 2.24) is 0 Å². The fraction of sp³-hybridized carbons (Fsp3) is 0.938. The second-order valence-electron chi connectivity index (χ2n) is 24.6. The molecule has 0 saturated carbocycles. The van der Waals surface area contributed by atoms with Gasteiger partial charge in [-0.05, 0) is 43.4 Å². The molecule has 5 atom stereocenters. The van der Waals surface area contributed by atoms with E-state index in [9.17, 15) is 43.2 Å². The average Bonchev–Trinajstić information content (AvgIpc) is 3.43. The molecule has 0 aromatic rings. The van der Waals surface area contributed by atoms with Crippen LogP contribution in [0, 0.1) is 17.8 Å². The zero-order chi connectivity index (χ0) is 61.7. The van der Waals surface area contributed by atoms with Crippen molar-refractivity contribution < 1.29 is 80.2 Å². The molecule has 3 N–H and O–H groups in total. The Morgan fingerprint density at radius 2 is 0.554 bits per heavy atom. The van der Waals surface area contributed by atoms with Crippen molar-refractivity contribution in [2.75, 3.05) is 39.6 Å². The van der Waals surface area contributed by atoms with Gasteiger partial charge in [0.05, 0.1) is 26.4 Å². The van der Waals surface area contributed by atoms with Gasteiger partial charge in [0, 0.05) is 25.7 Å². The summed E-state index contributed by atoms with van der Waals surface area (Å²) >= 11 is 0. The number of carbonyl (C=O) groups excluding carboxylic acids is 4. The molecule has 0 amide bonds. The van der Waals surface area contributed by atoms with Gasteiger partial charge in [-0.3, -0.25) is 37.3 Å². The summed E-state index contributed by atoms with van der Waals surface area (Å²) in [5.41, 5.74) is 0. The number of ether oxygens (including phenoxy) is 4. The molecule has 2 unspecified atom stereocenters. The van der Waals surface area contributed by atoms with Gasteiger partial charge < -0.3 is 33.8 Å². The quantitative estimate of drug-likeness (QED) is 0.0222. The number of carbonyl (C=O) groups is 4. The van der Waals surface area contributed by atoms with Gasteiger partial charge in [0.2, 0.25) is 0 Å². The number of hydrogen-bond acceptors (Lipinski definition) is 15. The highest BCUT2D eigenvalue weighted by Gasteiger charge is 2.30. The molecule has 19 heteroatoms. The van der Waals surface area contributed by atoms with Crippen molar-refractivity contribution in [2.24, 2.45) is 17.8 Å². The van der Waals surface area contributed by atoms with Crippen molar-refractivity contribution in [2.45, 2.75) is 330 Å². The van der Waals surface area contributed by atoms with Crippen LogP contribution in [0.5, 0.6) is 0 Å². The van der Waals surface area contributed by atoms with Gasteiger partial charge in [-0.2, -0.15) is 0 Å². The summed E-state index contributed by atoms with van der Waals surface area (Å²) in [6.07, 6.45) is 36.4. The number of phosphoric ester groups is 2. The number of rotatable bonds is 62. The van der Waals surface area contributed by atoms with E-state index in [1.807, 2.05) is 0 Å². The van der Waals surface area contributed by atoms with Crippen LogP contribution in [0.2, 0.25) is 0 Å². The van der Waals surface area contributed by atoms with Crippen LogP contribution >= 0.6 is 15.6 Å². The smallest absolute Gasteiger partial charge is 0.462 e. The fourth-order valence-corrected chi connectivity index (χ4v) is 11.1. The zero-order valence-electron chi connectivity index (χ0n) is 53.6. The summed E-state index contributed by atoms with van der Waals surface area (Å²) in [5.74, 6) is -0.0370. The largest absolute Gasteiger partial charge is 0.472 e. The van der Waals surface area contributed by atoms with Crippen LogP contribution in [0.3, 0.4) is 0 Å². The third-order valence-electron chi connectivity index (χ3n) is 14.6. The third-order valence-corrected chi connectivity index (χ3v) is 16.5. The molecule has 0 aromatic heterocycles. The van der Waals surface area contributed by atoms with E-state index in [1.54, 1.807) is 0 Å². The highest BCUT2D eigenvalue weighted by Crippen LogP contribution is 2.45. The molecular formula is C64H124O17P2. The standard InChI is InChI=1S/C64H124O17P2/c1-8-9-10-11-12-13-14-15-16-17-24-33-40-47-63(68)80-59(51-74-61(66)45-38-31-23-19-18-21-28-35-42-55(2)3)53-78-82(70,71)76-49-58(65)50-77-83(72,73)79-54-60(52-75-62(67)46-39-32-27-26-30-37-44-57(6)7)81-64(69)48-41-34-25-20-22-29-36-43-56(4)5/h55-60,65H,8-54H2,1-7H3,(H,70,71)(H,72,73)/t58-,59-,60-/m1/s1. The fourth-order valence-electron chi connectivity index (χ4n) is 9.48. The van der Waals surface area contributed by atoms with Gasteiger partial charge in [-0.15, -0.1) is 0 Å². The number of phosphoric acid groups is 2. The van der Waals surface area contributed by atoms with Gasteiger partial charge in [0.1, 0.15) is 19.3 Å². The molecule has 0 aliphatic heterocycles. The number of esters is 4. The van der Waals surface area contributed by atoms with Crippen LogP contribution in [-0.4, -0.2) is 96.7 Å². The van der Waals surface area contributed by atoms with E-state index in [0.717, 1.165) is 102 Å². The van der Waals surface area contributed by atoms with Crippen LogP contribution in [0.4, 0.5) is 0 Å². The third kappa shape index (κ3) is 58.8. The van der Waals surface area contributed by atoms with E-state index in [2.05, 4.69) is 48.5 Å². The predicted molar refractivity (Wildman–Crippen MR) is 331 cm³/mol. The lowest BCUT2D eigenvalue weighted by Gasteiger charge is -2.21. The van der Waals surface area contributed by atoms with E-state index in [1.165, 1.54) is 116 Å². The van der Waals surface area contributed by atoms with Crippen molar-refractivity contribution in [3.05, 3.63) is 0 Å². The topological polar surface area (TPSA) is 237 Å². The molecule has 0 aliphatic rings. The zero-order valence-corrected chi connectivity index (χ0v) is 55.4. The van der Waals surface area contributed by atoms with Crippen LogP contribution in [-0.2, 0) is 65.4 Å². The van der Waals surface area contributed by atoms with E-state index < -0.39 is 97.5 Å². The lowest BCUT2D eigenvalue weighted by atomic mass is 10.0. The summed E-state index contributed by atoms with van der Waals surface area (Å²) < 4.78 is 68.0. The molecule has 0 spiro atoms. The second kappa shape index (κ2) is 55.4. The van der Waals surface area contributed by atoms with Crippen molar-refractivity contribution >= 4 is 39.5 Å². The van der Waals surface area contributed by atoms with Crippen molar-refractivity contribution in [3.8, 4) is 0 Å². The van der Waals surface area contributed by atoms with E-state index in [0.29, 0.717) is 37.5 Å². The molecule has 83 heavy (non-hydrogen) atoms. The minimum Gasteiger partial charge on any atom is -0.462 e. The molecule has 0 heterocycles. The van der Waals surface area contributed by atoms with Crippen molar-refractivity contribution in [1.29, 1.82) is 0 Å². The minimum absolute atomic E-state index is 0.102. The first-order chi connectivity index (χ1) is 39.7. The maximum atomic E-state index is 13.0.